The minimum atomic E-state index is -0.489. The Hall–Kier alpha value is -2.81. The number of nitrogen functional groups attached to an aromatic ring is 1. The van der Waals surface area contributed by atoms with Crippen molar-refractivity contribution in [3.8, 4) is 0 Å². The first-order valence-corrected chi connectivity index (χ1v) is 9.23. The lowest BCUT2D eigenvalue weighted by atomic mass is 9.83. The molecule has 0 radical (unpaired) electrons. The molecule has 2 aromatic heterocycles. The molecule has 0 aliphatic heterocycles. The first kappa shape index (κ1) is 19.0. The molecular formula is C18H25N7O2. The van der Waals surface area contributed by atoms with Crippen LogP contribution in [0.3, 0.4) is 0 Å². The minimum Gasteiger partial charge on any atom is -0.378 e. The summed E-state index contributed by atoms with van der Waals surface area (Å²) in [6.07, 6.45) is 6.73. The van der Waals surface area contributed by atoms with E-state index < -0.39 is 4.92 Å². The number of anilines is 2. The van der Waals surface area contributed by atoms with Crippen molar-refractivity contribution in [3.05, 3.63) is 45.9 Å². The molecule has 2 heterocycles. The Labute approximate surface area is 157 Å². The molecule has 0 bridgehead atoms. The second kappa shape index (κ2) is 8.72. The minimum absolute atomic E-state index is 0.0992. The maximum Gasteiger partial charge on any atom is 0.332 e. The summed E-state index contributed by atoms with van der Waals surface area (Å²) in [7, 11) is 0. The molecule has 9 nitrogen and oxygen atoms in total. The van der Waals surface area contributed by atoms with Crippen molar-refractivity contribution >= 4 is 17.5 Å². The van der Waals surface area contributed by atoms with Gasteiger partial charge in [0.15, 0.2) is 0 Å². The van der Waals surface area contributed by atoms with E-state index in [9.17, 15) is 10.1 Å². The van der Waals surface area contributed by atoms with Gasteiger partial charge in [-0.15, -0.1) is 0 Å². The molecule has 0 spiro atoms. The zero-order valence-electron chi connectivity index (χ0n) is 15.2. The van der Waals surface area contributed by atoms with E-state index in [0.29, 0.717) is 36.9 Å². The van der Waals surface area contributed by atoms with Crippen LogP contribution in [-0.4, -0.2) is 32.5 Å². The standard InChI is InChI=1S/C18H25N7O2/c19-13-6-4-12(5-7-13)11-15-16(25(26)27)17(20)24-18(23-15)22-10-8-14-3-1-2-9-21-14/h1-3,9,12-13H,4-8,10-11,19H2,(H3,20,22,23,24)/t12-,13-. The highest BCUT2D eigenvalue weighted by Gasteiger charge is 2.27. The quantitative estimate of drug-likeness (QED) is 0.495. The SMILES string of the molecule is Nc1nc(NCCc2ccccn2)nc(C[C@H]2CC[C@H](N)CC2)c1[N+](=O)[O-]. The van der Waals surface area contributed by atoms with Gasteiger partial charge in [0.05, 0.1) is 4.92 Å². The van der Waals surface area contributed by atoms with Gasteiger partial charge in [0, 0.05) is 30.9 Å². The summed E-state index contributed by atoms with van der Waals surface area (Å²) in [5.74, 6) is 0.550. The largest absolute Gasteiger partial charge is 0.378 e. The molecule has 0 saturated heterocycles. The molecular weight excluding hydrogens is 346 g/mol. The average molecular weight is 371 g/mol. The average Bonchev–Trinajstić information content (AvgIpc) is 2.64. The summed E-state index contributed by atoms with van der Waals surface area (Å²) in [6, 6.07) is 5.96. The Morgan fingerprint density at radius 3 is 2.67 bits per heavy atom. The van der Waals surface area contributed by atoms with E-state index in [1.807, 2.05) is 18.2 Å². The van der Waals surface area contributed by atoms with Crippen LogP contribution < -0.4 is 16.8 Å². The summed E-state index contributed by atoms with van der Waals surface area (Å²) in [4.78, 5) is 23.7. The number of hydrogen-bond acceptors (Lipinski definition) is 8. The molecule has 1 aliphatic carbocycles. The van der Waals surface area contributed by atoms with Crippen LogP contribution in [0.25, 0.3) is 0 Å². The third kappa shape index (κ3) is 5.10. The predicted molar refractivity (Wildman–Crippen MR) is 103 cm³/mol. The van der Waals surface area contributed by atoms with E-state index >= 15 is 0 Å². The van der Waals surface area contributed by atoms with Crippen molar-refractivity contribution in [2.75, 3.05) is 17.6 Å². The monoisotopic (exact) mass is 371 g/mol. The van der Waals surface area contributed by atoms with Gasteiger partial charge in [-0.25, -0.2) is 4.98 Å². The fourth-order valence-electron chi connectivity index (χ4n) is 3.46. The Morgan fingerprint density at radius 1 is 1.22 bits per heavy atom. The molecule has 0 amide bonds. The first-order valence-electron chi connectivity index (χ1n) is 9.23. The summed E-state index contributed by atoms with van der Waals surface area (Å²) in [6.45, 7) is 0.561. The van der Waals surface area contributed by atoms with Crippen LogP contribution in [0, 0.1) is 16.0 Å². The summed E-state index contributed by atoms with van der Waals surface area (Å²) in [5.41, 5.74) is 13.0. The molecule has 5 N–H and O–H groups in total. The number of hydrogen-bond donors (Lipinski definition) is 3. The van der Waals surface area contributed by atoms with Crippen molar-refractivity contribution in [1.29, 1.82) is 0 Å². The molecule has 0 unspecified atom stereocenters. The highest BCUT2D eigenvalue weighted by molar-refractivity contribution is 5.58. The second-order valence-electron chi connectivity index (χ2n) is 6.97. The number of nitro groups is 1. The molecule has 1 saturated carbocycles. The fourth-order valence-corrected chi connectivity index (χ4v) is 3.46. The van der Waals surface area contributed by atoms with E-state index in [0.717, 1.165) is 31.4 Å². The normalized spacial score (nSPS) is 19.6. The lowest BCUT2D eigenvalue weighted by molar-refractivity contribution is -0.385. The Bertz CT molecular complexity index is 777. The van der Waals surface area contributed by atoms with Gasteiger partial charge in [-0.3, -0.25) is 15.1 Å². The van der Waals surface area contributed by atoms with Crippen molar-refractivity contribution in [2.45, 2.75) is 44.6 Å². The van der Waals surface area contributed by atoms with E-state index in [-0.39, 0.29) is 17.5 Å². The van der Waals surface area contributed by atoms with Crippen molar-refractivity contribution in [2.24, 2.45) is 11.7 Å². The third-order valence-electron chi connectivity index (χ3n) is 4.93. The van der Waals surface area contributed by atoms with Crippen LogP contribution in [0.15, 0.2) is 24.4 Å². The van der Waals surface area contributed by atoms with Gasteiger partial charge in [0.2, 0.25) is 11.8 Å². The predicted octanol–water partition coefficient (Wildman–Crippen LogP) is 2.08. The van der Waals surface area contributed by atoms with Crippen LogP contribution in [0.2, 0.25) is 0 Å². The van der Waals surface area contributed by atoms with Crippen molar-refractivity contribution in [3.63, 3.8) is 0 Å². The van der Waals surface area contributed by atoms with Gasteiger partial charge >= 0.3 is 5.69 Å². The van der Waals surface area contributed by atoms with Crippen molar-refractivity contribution < 1.29 is 4.92 Å². The molecule has 1 aliphatic rings. The Kier molecular flexibility index (Phi) is 6.12. The highest BCUT2D eigenvalue weighted by atomic mass is 16.6. The second-order valence-corrected chi connectivity index (χ2v) is 6.97. The lowest BCUT2D eigenvalue weighted by Crippen LogP contribution is -2.27. The van der Waals surface area contributed by atoms with Gasteiger partial charge in [-0.05, 0) is 50.2 Å². The molecule has 3 rings (SSSR count). The van der Waals surface area contributed by atoms with Crippen LogP contribution in [-0.2, 0) is 12.8 Å². The van der Waals surface area contributed by atoms with Crippen LogP contribution >= 0.6 is 0 Å². The van der Waals surface area contributed by atoms with E-state index in [1.54, 1.807) is 6.20 Å². The lowest BCUT2D eigenvalue weighted by Gasteiger charge is -2.25. The third-order valence-corrected chi connectivity index (χ3v) is 4.93. The molecule has 144 valence electrons. The highest BCUT2D eigenvalue weighted by Crippen LogP contribution is 2.31. The summed E-state index contributed by atoms with van der Waals surface area (Å²) < 4.78 is 0. The van der Waals surface area contributed by atoms with Gasteiger partial charge in [-0.1, -0.05) is 6.07 Å². The number of nitrogens with two attached hydrogens (primary N) is 2. The number of aromatic nitrogens is 3. The van der Waals surface area contributed by atoms with E-state index in [1.165, 1.54) is 0 Å². The van der Waals surface area contributed by atoms with Gasteiger partial charge in [-0.2, -0.15) is 4.98 Å². The Balaban J connectivity index is 1.71. The van der Waals surface area contributed by atoms with E-state index in [4.69, 9.17) is 11.5 Å². The number of nitrogens with one attached hydrogen (secondary N) is 1. The van der Waals surface area contributed by atoms with E-state index in [2.05, 4.69) is 20.3 Å². The topological polar surface area (TPSA) is 146 Å². The van der Waals surface area contributed by atoms with Crippen LogP contribution in [0.4, 0.5) is 17.5 Å². The Morgan fingerprint density at radius 2 is 2.00 bits per heavy atom. The smallest absolute Gasteiger partial charge is 0.332 e. The molecule has 2 aromatic rings. The van der Waals surface area contributed by atoms with Gasteiger partial charge in [0.1, 0.15) is 5.69 Å². The van der Waals surface area contributed by atoms with Gasteiger partial charge in [0.25, 0.3) is 0 Å². The van der Waals surface area contributed by atoms with Crippen molar-refractivity contribution in [1.82, 2.24) is 15.0 Å². The maximum atomic E-state index is 11.4. The number of nitrogens with zero attached hydrogens (tertiary/aromatic N) is 4. The first-order chi connectivity index (χ1) is 13.0. The molecule has 9 heteroatoms. The zero-order valence-corrected chi connectivity index (χ0v) is 15.2. The van der Waals surface area contributed by atoms with Gasteiger partial charge < -0.3 is 16.8 Å². The zero-order chi connectivity index (χ0) is 19.2. The molecule has 0 aromatic carbocycles. The summed E-state index contributed by atoms with van der Waals surface area (Å²) >= 11 is 0. The molecule has 27 heavy (non-hydrogen) atoms. The molecule has 1 fully saturated rings. The number of rotatable bonds is 7. The summed E-state index contributed by atoms with van der Waals surface area (Å²) in [5, 5.41) is 14.5. The van der Waals surface area contributed by atoms with Crippen LogP contribution in [0.5, 0.6) is 0 Å². The molecule has 0 atom stereocenters. The fraction of sp³-hybridized carbons (Fsp3) is 0.500. The number of pyridine rings is 1. The van der Waals surface area contributed by atoms with Crippen LogP contribution in [0.1, 0.15) is 37.1 Å². The maximum absolute atomic E-state index is 11.4.